The molecule has 88 valence electrons. The van der Waals surface area contributed by atoms with Crippen LogP contribution in [0, 0.1) is 0 Å². The topological polar surface area (TPSA) is 26.3 Å². The highest BCUT2D eigenvalue weighted by Crippen LogP contribution is 2.31. The number of carbonyl (C=O) groups is 1. The lowest BCUT2D eigenvalue weighted by Crippen LogP contribution is -2.34. The molecule has 0 radical (unpaired) electrons. The van der Waals surface area contributed by atoms with Gasteiger partial charge in [-0.05, 0) is 31.0 Å². The van der Waals surface area contributed by atoms with Gasteiger partial charge in [0.05, 0.1) is 12.5 Å². The van der Waals surface area contributed by atoms with E-state index in [0.29, 0.717) is 0 Å². The molecule has 0 aliphatic rings. The van der Waals surface area contributed by atoms with Crippen molar-refractivity contribution in [3.63, 3.8) is 0 Å². The van der Waals surface area contributed by atoms with Gasteiger partial charge >= 0.3 is 5.97 Å². The highest BCUT2D eigenvalue weighted by molar-refractivity contribution is 14.1. The Hall–Kier alpha value is -0.100. The van der Waals surface area contributed by atoms with Crippen LogP contribution in [-0.4, -0.2) is 17.5 Å². The lowest BCUT2D eigenvalue weighted by atomic mass is 9.80. The van der Waals surface area contributed by atoms with Crippen LogP contribution in [0.3, 0.4) is 0 Å². The van der Waals surface area contributed by atoms with E-state index >= 15 is 0 Å². The molecule has 0 saturated heterocycles. The summed E-state index contributed by atoms with van der Waals surface area (Å²) >= 11 is 5.70. The number of hydrogen-bond donors (Lipinski definition) is 0. The van der Waals surface area contributed by atoms with Gasteiger partial charge in [0.2, 0.25) is 0 Å². The van der Waals surface area contributed by atoms with E-state index in [1.54, 1.807) is 0 Å². The van der Waals surface area contributed by atoms with E-state index in [4.69, 9.17) is 4.74 Å². The Morgan fingerprint density at radius 2 is 2.25 bits per heavy atom. The number of benzene rings is 1. The molecule has 0 heterocycles. The van der Waals surface area contributed by atoms with Gasteiger partial charge in [0.1, 0.15) is 0 Å². The molecule has 1 atom stereocenters. The van der Waals surface area contributed by atoms with Crippen molar-refractivity contribution in [2.45, 2.75) is 18.8 Å². The second-order valence-corrected chi connectivity index (χ2v) is 5.77. The Morgan fingerprint density at radius 3 is 2.75 bits per heavy atom. The van der Waals surface area contributed by atoms with Gasteiger partial charge in [-0.15, -0.1) is 0 Å². The molecule has 16 heavy (non-hydrogen) atoms. The predicted molar refractivity (Wildman–Crippen MR) is 77.0 cm³/mol. The van der Waals surface area contributed by atoms with Crippen LogP contribution >= 0.6 is 38.5 Å². The molecule has 1 aromatic rings. The monoisotopic (exact) mass is 396 g/mol. The first-order chi connectivity index (χ1) is 7.54. The number of esters is 1. The molecule has 0 aliphatic heterocycles. The lowest BCUT2D eigenvalue weighted by molar-refractivity contribution is -0.147. The number of carbonyl (C=O) groups excluding carboxylic acids is 1. The van der Waals surface area contributed by atoms with Gasteiger partial charge < -0.3 is 4.74 Å². The van der Waals surface area contributed by atoms with Crippen molar-refractivity contribution >= 4 is 44.5 Å². The molecule has 2 nitrogen and oxygen atoms in total. The fraction of sp³-hybridized carbons (Fsp3) is 0.417. The number of methoxy groups -OCH3 is 1. The van der Waals surface area contributed by atoms with Crippen molar-refractivity contribution in [3.8, 4) is 0 Å². The molecule has 0 spiro atoms. The quantitative estimate of drug-likeness (QED) is 0.440. The molecule has 0 N–H and O–H groups in total. The minimum absolute atomic E-state index is 0.178. The summed E-state index contributed by atoms with van der Waals surface area (Å²) < 4.78 is 6.80. The Balaban J connectivity index is 3.15. The second kappa shape index (κ2) is 6.00. The normalized spacial score (nSPS) is 14.2. The minimum atomic E-state index is -0.556. The summed E-state index contributed by atoms with van der Waals surface area (Å²) in [5.41, 5.74) is 0.435. The highest BCUT2D eigenvalue weighted by Gasteiger charge is 2.35. The van der Waals surface area contributed by atoms with E-state index < -0.39 is 5.41 Å². The molecule has 1 rings (SSSR count). The first-order valence-corrected chi connectivity index (χ1v) is 7.27. The van der Waals surface area contributed by atoms with E-state index in [2.05, 4.69) is 38.5 Å². The smallest absolute Gasteiger partial charge is 0.316 e. The molecule has 1 aromatic carbocycles. The van der Waals surface area contributed by atoms with E-state index in [1.807, 2.05) is 31.2 Å². The van der Waals surface area contributed by atoms with E-state index in [9.17, 15) is 4.79 Å². The third-order valence-electron chi connectivity index (χ3n) is 2.69. The van der Waals surface area contributed by atoms with Crippen LogP contribution in [0.15, 0.2) is 28.7 Å². The predicted octanol–water partition coefficient (Wildman–Crippen LogP) is 3.70. The Morgan fingerprint density at radius 1 is 1.56 bits per heavy atom. The molecular weight excluding hydrogens is 383 g/mol. The molecule has 0 saturated carbocycles. The summed E-state index contributed by atoms with van der Waals surface area (Å²) in [7, 11) is 1.44. The molecule has 0 aliphatic carbocycles. The fourth-order valence-electron chi connectivity index (χ4n) is 1.61. The first-order valence-electron chi connectivity index (χ1n) is 4.95. The van der Waals surface area contributed by atoms with Gasteiger partial charge in [-0.3, -0.25) is 4.79 Å². The average Bonchev–Trinajstić information content (AvgIpc) is 2.28. The van der Waals surface area contributed by atoms with Gasteiger partial charge in [-0.2, -0.15) is 0 Å². The van der Waals surface area contributed by atoms with Crippen molar-refractivity contribution in [2.75, 3.05) is 11.5 Å². The number of halogens is 2. The van der Waals surface area contributed by atoms with E-state index in [0.717, 1.165) is 20.9 Å². The van der Waals surface area contributed by atoms with Crippen LogP contribution in [0.2, 0.25) is 0 Å². The summed E-state index contributed by atoms with van der Waals surface area (Å²) in [6, 6.07) is 7.83. The average molecular weight is 397 g/mol. The van der Waals surface area contributed by atoms with Crippen LogP contribution in [0.4, 0.5) is 0 Å². The van der Waals surface area contributed by atoms with Crippen LogP contribution in [-0.2, 0) is 14.9 Å². The van der Waals surface area contributed by atoms with Crippen LogP contribution < -0.4 is 0 Å². The number of hydrogen-bond acceptors (Lipinski definition) is 2. The number of rotatable bonds is 4. The van der Waals surface area contributed by atoms with Crippen LogP contribution in [0.5, 0.6) is 0 Å². The van der Waals surface area contributed by atoms with Gasteiger partial charge in [0, 0.05) is 8.90 Å². The van der Waals surface area contributed by atoms with Crippen LogP contribution in [0.25, 0.3) is 0 Å². The van der Waals surface area contributed by atoms with Crippen molar-refractivity contribution in [1.29, 1.82) is 0 Å². The van der Waals surface area contributed by atoms with Crippen molar-refractivity contribution in [2.24, 2.45) is 0 Å². The SMILES string of the molecule is COC(=O)C(C)(CCI)c1cccc(Br)c1. The Kier molecular flexibility index (Phi) is 5.24. The van der Waals surface area contributed by atoms with Crippen LogP contribution in [0.1, 0.15) is 18.9 Å². The lowest BCUT2D eigenvalue weighted by Gasteiger charge is -2.26. The van der Waals surface area contributed by atoms with Crippen molar-refractivity contribution in [1.82, 2.24) is 0 Å². The molecule has 0 bridgehead atoms. The van der Waals surface area contributed by atoms with Gasteiger partial charge in [0.15, 0.2) is 0 Å². The summed E-state index contributed by atoms with van der Waals surface area (Å²) in [5.74, 6) is -0.178. The summed E-state index contributed by atoms with van der Waals surface area (Å²) in [6.07, 6.45) is 0.774. The van der Waals surface area contributed by atoms with Gasteiger partial charge in [-0.25, -0.2) is 0 Å². The Labute approximate surface area is 118 Å². The molecule has 0 aromatic heterocycles. The third kappa shape index (κ3) is 2.97. The summed E-state index contributed by atoms with van der Waals surface area (Å²) in [6.45, 7) is 1.93. The molecule has 0 fully saturated rings. The zero-order valence-corrected chi connectivity index (χ0v) is 13.0. The van der Waals surface area contributed by atoms with E-state index in [1.165, 1.54) is 7.11 Å². The van der Waals surface area contributed by atoms with Crippen molar-refractivity contribution in [3.05, 3.63) is 34.3 Å². The molecule has 1 unspecified atom stereocenters. The molecule has 0 amide bonds. The zero-order chi connectivity index (χ0) is 12.2. The maximum Gasteiger partial charge on any atom is 0.316 e. The largest absolute Gasteiger partial charge is 0.468 e. The first kappa shape index (κ1) is 14.0. The fourth-order valence-corrected chi connectivity index (χ4v) is 3.09. The molecular formula is C12H14BrIO2. The van der Waals surface area contributed by atoms with Gasteiger partial charge in [0.25, 0.3) is 0 Å². The van der Waals surface area contributed by atoms with E-state index in [-0.39, 0.29) is 5.97 Å². The summed E-state index contributed by atoms with van der Waals surface area (Å²) in [5, 5.41) is 0. The van der Waals surface area contributed by atoms with Gasteiger partial charge in [-0.1, -0.05) is 50.7 Å². The van der Waals surface area contributed by atoms with Crippen molar-refractivity contribution < 1.29 is 9.53 Å². The molecule has 4 heteroatoms. The Bertz CT molecular complexity index is 381. The second-order valence-electron chi connectivity index (χ2n) is 3.77. The standard InChI is InChI=1S/C12H14BrIO2/c1-12(6-7-14,11(15)16-2)9-4-3-5-10(13)8-9/h3-5,8H,6-7H2,1-2H3. The maximum absolute atomic E-state index is 11.9. The number of ether oxygens (including phenoxy) is 1. The summed E-state index contributed by atoms with van der Waals surface area (Å²) in [4.78, 5) is 11.9. The highest BCUT2D eigenvalue weighted by atomic mass is 127. The third-order valence-corrected chi connectivity index (χ3v) is 3.72. The zero-order valence-electron chi connectivity index (χ0n) is 9.30. The maximum atomic E-state index is 11.9. The number of alkyl halides is 1. The minimum Gasteiger partial charge on any atom is -0.468 e.